The minimum atomic E-state index is -0.0605. The molecule has 116 valence electrons. The Kier molecular flexibility index (Phi) is 5.07. The number of carbonyl (C=O) groups is 1. The molecule has 0 saturated carbocycles. The number of rotatable bonds is 4. The minimum absolute atomic E-state index is 0.0605. The topological polar surface area (TPSA) is 61.6 Å². The van der Waals surface area contributed by atoms with Gasteiger partial charge in [-0.05, 0) is 24.1 Å². The van der Waals surface area contributed by atoms with Gasteiger partial charge in [0.1, 0.15) is 0 Å². The van der Waals surface area contributed by atoms with Gasteiger partial charge in [0, 0.05) is 45.5 Å². The minimum Gasteiger partial charge on any atom is -0.399 e. The van der Waals surface area contributed by atoms with Gasteiger partial charge < -0.3 is 16.0 Å². The van der Waals surface area contributed by atoms with Crippen LogP contribution in [0.5, 0.6) is 0 Å². The van der Waals surface area contributed by atoms with Gasteiger partial charge in [-0.1, -0.05) is 13.8 Å². The predicted octanol–water partition coefficient (Wildman–Crippen LogP) is 1.41. The molecule has 0 aliphatic carbocycles. The van der Waals surface area contributed by atoms with Crippen LogP contribution in [0.25, 0.3) is 0 Å². The largest absolute Gasteiger partial charge is 0.399 e. The zero-order chi connectivity index (χ0) is 15.4. The number of anilines is 2. The SMILES string of the molecule is CNC(=O)c1ccc(N)cc1N1CCN(CC(C)C)CC1. The van der Waals surface area contributed by atoms with Gasteiger partial charge in [-0.25, -0.2) is 0 Å². The van der Waals surface area contributed by atoms with Gasteiger partial charge >= 0.3 is 0 Å². The monoisotopic (exact) mass is 290 g/mol. The molecule has 0 atom stereocenters. The Labute approximate surface area is 127 Å². The number of carbonyl (C=O) groups excluding carboxylic acids is 1. The predicted molar refractivity (Wildman–Crippen MR) is 87.7 cm³/mol. The molecule has 5 heteroatoms. The highest BCUT2D eigenvalue weighted by Gasteiger charge is 2.21. The molecule has 5 nitrogen and oxygen atoms in total. The molecule has 1 aromatic carbocycles. The average molecular weight is 290 g/mol. The van der Waals surface area contributed by atoms with E-state index >= 15 is 0 Å². The van der Waals surface area contributed by atoms with Crippen LogP contribution in [0.15, 0.2) is 18.2 Å². The van der Waals surface area contributed by atoms with Crippen LogP contribution < -0.4 is 16.0 Å². The van der Waals surface area contributed by atoms with Gasteiger partial charge in [-0.2, -0.15) is 0 Å². The number of benzene rings is 1. The number of nitrogens with zero attached hydrogens (tertiary/aromatic N) is 2. The van der Waals surface area contributed by atoms with Crippen LogP contribution in [0.3, 0.4) is 0 Å². The lowest BCUT2D eigenvalue weighted by Crippen LogP contribution is -2.48. The maximum Gasteiger partial charge on any atom is 0.253 e. The zero-order valence-corrected chi connectivity index (χ0v) is 13.2. The number of amides is 1. The second-order valence-electron chi connectivity index (χ2n) is 6.04. The van der Waals surface area contributed by atoms with Crippen molar-refractivity contribution in [2.75, 3.05) is 50.4 Å². The summed E-state index contributed by atoms with van der Waals surface area (Å²) in [4.78, 5) is 16.7. The van der Waals surface area contributed by atoms with E-state index in [0.29, 0.717) is 17.2 Å². The summed E-state index contributed by atoms with van der Waals surface area (Å²) in [6.07, 6.45) is 0. The number of hydrogen-bond acceptors (Lipinski definition) is 4. The molecule has 21 heavy (non-hydrogen) atoms. The summed E-state index contributed by atoms with van der Waals surface area (Å²) in [5.41, 5.74) is 8.24. The fourth-order valence-electron chi connectivity index (χ4n) is 2.82. The molecular weight excluding hydrogens is 264 g/mol. The lowest BCUT2D eigenvalue weighted by molar-refractivity contribution is 0.0963. The molecule has 0 radical (unpaired) electrons. The van der Waals surface area contributed by atoms with Gasteiger partial charge in [0.2, 0.25) is 0 Å². The quantitative estimate of drug-likeness (QED) is 0.823. The Morgan fingerprint density at radius 3 is 2.52 bits per heavy atom. The van der Waals surface area contributed by atoms with Crippen LogP contribution >= 0.6 is 0 Å². The summed E-state index contributed by atoms with van der Waals surface area (Å²) in [6, 6.07) is 5.50. The van der Waals surface area contributed by atoms with Crippen molar-refractivity contribution in [3.8, 4) is 0 Å². The first kappa shape index (κ1) is 15.6. The van der Waals surface area contributed by atoms with E-state index in [0.717, 1.165) is 38.4 Å². The molecule has 1 saturated heterocycles. The maximum absolute atomic E-state index is 12.0. The van der Waals surface area contributed by atoms with Crippen molar-refractivity contribution in [3.05, 3.63) is 23.8 Å². The molecule has 1 aliphatic rings. The summed E-state index contributed by atoms with van der Waals surface area (Å²) in [7, 11) is 1.66. The van der Waals surface area contributed by atoms with Crippen LogP contribution in [0.1, 0.15) is 24.2 Å². The van der Waals surface area contributed by atoms with Crippen LogP contribution in [-0.4, -0.2) is 50.6 Å². The third-order valence-corrected chi connectivity index (χ3v) is 3.83. The molecular formula is C16H26N4O. The summed E-state index contributed by atoms with van der Waals surface area (Å²) < 4.78 is 0. The number of piperazine rings is 1. The number of nitrogen functional groups attached to an aromatic ring is 1. The van der Waals surface area contributed by atoms with Crippen molar-refractivity contribution in [3.63, 3.8) is 0 Å². The maximum atomic E-state index is 12.0. The van der Waals surface area contributed by atoms with Crippen molar-refractivity contribution < 1.29 is 4.79 Å². The molecule has 1 aromatic rings. The molecule has 3 N–H and O–H groups in total. The van der Waals surface area contributed by atoms with Crippen LogP contribution in [0.4, 0.5) is 11.4 Å². The lowest BCUT2D eigenvalue weighted by Gasteiger charge is -2.37. The fraction of sp³-hybridized carbons (Fsp3) is 0.562. The Bertz CT molecular complexity index is 493. The highest BCUT2D eigenvalue weighted by molar-refractivity contribution is 6.00. The second-order valence-corrected chi connectivity index (χ2v) is 6.04. The van der Waals surface area contributed by atoms with E-state index in [1.807, 2.05) is 12.1 Å². The van der Waals surface area contributed by atoms with E-state index in [-0.39, 0.29) is 5.91 Å². The Morgan fingerprint density at radius 2 is 1.95 bits per heavy atom. The van der Waals surface area contributed by atoms with Gasteiger partial charge in [0.05, 0.1) is 11.3 Å². The Hall–Kier alpha value is -1.75. The third kappa shape index (κ3) is 3.88. The summed E-state index contributed by atoms with van der Waals surface area (Å²) in [5, 5.41) is 2.70. The summed E-state index contributed by atoms with van der Waals surface area (Å²) >= 11 is 0. The first-order valence-corrected chi connectivity index (χ1v) is 7.60. The normalized spacial score (nSPS) is 16.3. The lowest BCUT2D eigenvalue weighted by atomic mass is 10.1. The second kappa shape index (κ2) is 6.80. The van der Waals surface area contributed by atoms with Crippen molar-refractivity contribution in [2.45, 2.75) is 13.8 Å². The molecule has 1 fully saturated rings. The van der Waals surface area contributed by atoms with E-state index < -0.39 is 0 Å². The highest BCUT2D eigenvalue weighted by Crippen LogP contribution is 2.25. The molecule has 0 aromatic heterocycles. The molecule has 2 rings (SSSR count). The third-order valence-electron chi connectivity index (χ3n) is 3.83. The highest BCUT2D eigenvalue weighted by atomic mass is 16.1. The summed E-state index contributed by atoms with van der Waals surface area (Å²) in [6.45, 7) is 9.54. The van der Waals surface area contributed by atoms with E-state index in [1.165, 1.54) is 0 Å². The van der Waals surface area contributed by atoms with Gasteiger partial charge in [0.25, 0.3) is 5.91 Å². The van der Waals surface area contributed by atoms with E-state index in [9.17, 15) is 4.79 Å². The molecule has 0 bridgehead atoms. The van der Waals surface area contributed by atoms with E-state index in [4.69, 9.17) is 5.73 Å². The first-order chi connectivity index (χ1) is 10.0. The first-order valence-electron chi connectivity index (χ1n) is 7.60. The Balaban J connectivity index is 2.12. The van der Waals surface area contributed by atoms with Crippen LogP contribution in [0, 0.1) is 5.92 Å². The standard InChI is InChI=1S/C16H26N4O/c1-12(2)11-19-6-8-20(9-7-19)15-10-13(17)4-5-14(15)16(21)18-3/h4-5,10,12H,6-9,11,17H2,1-3H3,(H,18,21). The van der Waals surface area contributed by atoms with Crippen molar-refractivity contribution in [1.82, 2.24) is 10.2 Å². The van der Waals surface area contributed by atoms with Crippen LogP contribution in [-0.2, 0) is 0 Å². The van der Waals surface area contributed by atoms with Gasteiger partial charge in [0.15, 0.2) is 0 Å². The molecule has 1 heterocycles. The van der Waals surface area contributed by atoms with Crippen molar-refractivity contribution in [2.24, 2.45) is 5.92 Å². The smallest absolute Gasteiger partial charge is 0.253 e. The molecule has 0 unspecified atom stereocenters. The number of nitrogens with two attached hydrogens (primary N) is 1. The fourth-order valence-corrected chi connectivity index (χ4v) is 2.82. The van der Waals surface area contributed by atoms with Crippen molar-refractivity contribution >= 4 is 17.3 Å². The van der Waals surface area contributed by atoms with Crippen LogP contribution in [0.2, 0.25) is 0 Å². The number of nitrogens with one attached hydrogen (secondary N) is 1. The van der Waals surface area contributed by atoms with Gasteiger partial charge in [-0.3, -0.25) is 9.69 Å². The summed E-state index contributed by atoms with van der Waals surface area (Å²) in [5.74, 6) is 0.625. The Morgan fingerprint density at radius 1 is 1.29 bits per heavy atom. The molecule has 1 aliphatic heterocycles. The van der Waals surface area contributed by atoms with Crippen molar-refractivity contribution in [1.29, 1.82) is 0 Å². The zero-order valence-electron chi connectivity index (χ0n) is 13.2. The van der Waals surface area contributed by atoms with Gasteiger partial charge in [-0.15, -0.1) is 0 Å². The molecule has 1 amide bonds. The van der Waals surface area contributed by atoms with E-state index in [2.05, 4.69) is 29.0 Å². The molecule has 0 spiro atoms. The number of hydrogen-bond donors (Lipinski definition) is 2. The van der Waals surface area contributed by atoms with E-state index in [1.54, 1.807) is 13.1 Å². The average Bonchev–Trinajstić information content (AvgIpc) is 2.46.